The number of amides is 1. The molecule has 28 heavy (non-hydrogen) atoms. The number of hydrogen-bond acceptors (Lipinski definition) is 6. The second-order valence-electron chi connectivity index (χ2n) is 6.38. The lowest BCUT2D eigenvalue weighted by atomic mass is 10.1. The summed E-state index contributed by atoms with van der Waals surface area (Å²) in [6.07, 6.45) is 3.00. The first kappa shape index (κ1) is 17.8. The van der Waals surface area contributed by atoms with Gasteiger partial charge in [-0.3, -0.25) is 4.79 Å². The normalized spacial score (nSPS) is 13.5. The molecule has 7 heteroatoms. The van der Waals surface area contributed by atoms with Gasteiger partial charge in [0.25, 0.3) is 5.91 Å². The number of nitrogens with zero attached hydrogens (tertiary/aromatic N) is 2. The maximum Gasteiger partial charge on any atom is 0.254 e. The van der Waals surface area contributed by atoms with Gasteiger partial charge in [-0.2, -0.15) is 0 Å². The first-order valence-corrected chi connectivity index (χ1v) is 9.03. The van der Waals surface area contributed by atoms with Gasteiger partial charge in [0.15, 0.2) is 11.5 Å². The molecule has 0 fully saturated rings. The molecule has 4 rings (SSSR count). The van der Waals surface area contributed by atoms with Crippen LogP contribution >= 0.6 is 0 Å². The van der Waals surface area contributed by atoms with Gasteiger partial charge in [-0.25, -0.2) is 9.97 Å². The molecule has 3 aromatic rings. The Bertz CT molecular complexity index is 961. The van der Waals surface area contributed by atoms with Crippen molar-refractivity contribution < 1.29 is 14.3 Å². The Labute approximate surface area is 162 Å². The molecule has 2 aromatic carbocycles. The van der Waals surface area contributed by atoms with E-state index in [0.29, 0.717) is 30.5 Å². The van der Waals surface area contributed by atoms with Crippen LogP contribution in [0.25, 0.3) is 0 Å². The van der Waals surface area contributed by atoms with Gasteiger partial charge >= 0.3 is 0 Å². The minimum Gasteiger partial charge on any atom is -0.486 e. The molecule has 142 valence electrons. The molecule has 1 unspecified atom stereocenters. The molecule has 0 radical (unpaired) electrons. The summed E-state index contributed by atoms with van der Waals surface area (Å²) in [7, 11) is 0. The van der Waals surface area contributed by atoms with E-state index in [1.807, 2.05) is 55.5 Å². The highest BCUT2D eigenvalue weighted by atomic mass is 16.6. The zero-order chi connectivity index (χ0) is 19.3. The predicted molar refractivity (Wildman–Crippen MR) is 105 cm³/mol. The fourth-order valence-electron chi connectivity index (χ4n) is 2.87. The zero-order valence-electron chi connectivity index (χ0n) is 15.4. The summed E-state index contributed by atoms with van der Waals surface area (Å²) in [4.78, 5) is 20.9. The number of anilines is 2. The zero-order valence-corrected chi connectivity index (χ0v) is 15.4. The average Bonchev–Trinajstić information content (AvgIpc) is 2.75. The van der Waals surface area contributed by atoms with Gasteiger partial charge in [0, 0.05) is 24.1 Å². The molecule has 0 aliphatic carbocycles. The lowest BCUT2D eigenvalue weighted by Gasteiger charge is -2.19. The molecule has 0 saturated heterocycles. The van der Waals surface area contributed by atoms with Crippen molar-refractivity contribution >= 4 is 17.5 Å². The summed E-state index contributed by atoms with van der Waals surface area (Å²) in [5.41, 5.74) is 2.21. The van der Waals surface area contributed by atoms with Gasteiger partial charge < -0.3 is 20.1 Å². The number of carbonyl (C=O) groups excluding carboxylic acids is 1. The third kappa shape index (κ3) is 4.03. The van der Waals surface area contributed by atoms with E-state index in [1.54, 1.807) is 0 Å². The van der Waals surface area contributed by atoms with Crippen molar-refractivity contribution in [2.24, 2.45) is 0 Å². The van der Waals surface area contributed by atoms with E-state index >= 15 is 0 Å². The van der Waals surface area contributed by atoms with Crippen LogP contribution in [0.4, 0.5) is 11.6 Å². The summed E-state index contributed by atoms with van der Waals surface area (Å²) >= 11 is 0. The minimum absolute atomic E-state index is 0.107. The van der Waals surface area contributed by atoms with E-state index in [1.165, 1.54) is 12.4 Å². The number of nitrogens with one attached hydrogen (secondary N) is 2. The maximum atomic E-state index is 12.4. The van der Waals surface area contributed by atoms with Crippen LogP contribution in [-0.2, 0) is 0 Å². The van der Waals surface area contributed by atoms with E-state index in [4.69, 9.17) is 9.47 Å². The van der Waals surface area contributed by atoms with E-state index in [0.717, 1.165) is 17.0 Å². The summed E-state index contributed by atoms with van der Waals surface area (Å²) in [6.45, 7) is 3.01. The van der Waals surface area contributed by atoms with Crippen molar-refractivity contribution in [1.29, 1.82) is 0 Å². The highest BCUT2D eigenvalue weighted by molar-refractivity contribution is 5.93. The van der Waals surface area contributed by atoms with Crippen LogP contribution in [0.15, 0.2) is 60.9 Å². The van der Waals surface area contributed by atoms with Crippen molar-refractivity contribution in [1.82, 2.24) is 15.3 Å². The number of aromatic nitrogens is 2. The number of carbonyl (C=O) groups is 1. The number of ether oxygens (including phenoxy) is 2. The largest absolute Gasteiger partial charge is 0.486 e. The Hall–Kier alpha value is -3.61. The Kier molecular flexibility index (Phi) is 5.05. The van der Waals surface area contributed by atoms with Crippen LogP contribution in [-0.4, -0.2) is 29.1 Å². The molecule has 0 saturated carbocycles. The van der Waals surface area contributed by atoms with Crippen LogP contribution in [0, 0.1) is 0 Å². The molecule has 1 aliphatic rings. The Morgan fingerprint density at radius 3 is 2.46 bits per heavy atom. The molecule has 0 spiro atoms. The molecule has 2 N–H and O–H groups in total. The van der Waals surface area contributed by atoms with Crippen LogP contribution in [0.2, 0.25) is 0 Å². The second kappa shape index (κ2) is 7.96. The predicted octanol–water partition coefficient (Wildman–Crippen LogP) is 3.48. The standard InChI is InChI=1S/C21H20N4O3/c1-14(15-5-3-2-4-6-15)24-20(26)16-12-22-21(23-13-16)25-17-7-8-18-19(11-17)28-10-9-27-18/h2-8,11-14H,9-10H2,1H3,(H,24,26)(H,22,23,25). The molecule has 2 heterocycles. The molecule has 7 nitrogen and oxygen atoms in total. The van der Waals surface area contributed by atoms with E-state index < -0.39 is 0 Å². The van der Waals surface area contributed by atoms with Gasteiger partial charge in [0.2, 0.25) is 5.95 Å². The second-order valence-corrected chi connectivity index (χ2v) is 6.38. The van der Waals surface area contributed by atoms with Crippen LogP contribution in [0.3, 0.4) is 0 Å². The van der Waals surface area contributed by atoms with Gasteiger partial charge in [0.05, 0.1) is 11.6 Å². The monoisotopic (exact) mass is 376 g/mol. The van der Waals surface area contributed by atoms with Crippen molar-refractivity contribution in [2.75, 3.05) is 18.5 Å². The molecule has 0 bridgehead atoms. The van der Waals surface area contributed by atoms with Gasteiger partial charge in [0.1, 0.15) is 13.2 Å². The summed E-state index contributed by atoms with van der Waals surface area (Å²) in [5.74, 6) is 1.57. The first-order valence-electron chi connectivity index (χ1n) is 9.03. The van der Waals surface area contributed by atoms with E-state index in [2.05, 4.69) is 20.6 Å². The number of benzene rings is 2. The van der Waals surface area contributed by atoms with E-state index in [9.17, 15) is 4.79 Å². The lowest BCUT2D eigenvalue weighted by Crippen LogP contribution is -2.26. The van der Waals surface area contributed by atoms with Crippen molar-refractivity contribution in [3.05, 3.63) is 72.1 Å². The number of hydrogen-bond donors (Lipinski definition) is 2. The SMILES string of the molecule is CC(NC(=O)c1cnc(Nc2ccc3c(c2)OCCO3)nc1)c1ccccc1. The number of fused-ring (bicyclic) bond motifs is 1. The summed E-state index contributed by atoms with van der Waals surface area (Å²) < 4.78 is 11.1. The van der Waals surface area contributed by atoms with Crippen molar-refractivity contribution in [3.63, 3.8) is 0 Å². The fraction of sp³-hybridized carbons (Fsp3) is 0.190. The molecule has 1 amide bonds. The average molecular weight is 376 g/mol. The third-order valence-electron chi connectivity index (χ3n) is 4.36. The Balaban J connectivity index is 1.40. The van der Waals surface area contributed by atoms with Gasteiger partial charge in [-0.15, -0.1) is 0 Å². The molecule has 1 aliphatic heterocycles. The molecule has 1 aromatic heterocycles. The summed E-state index contributed by atoms with van der Waals surface area (Å²) in [5, 5.41) is 6.04. The number of rotatable bonds is 5. The molecular weight excluding hydrogens is 356 g/mol. The summed E-state index contributed by atoms with van der Waals surface area (Å²) in [6, 6.07) is 15.2. The quantitative estimate of drug-likeness (QED) is 0.709. The third-order valence-corrected chi connectivity index (χ3v) is 4.36. The van der Waals surface area contributed by atoms with Crippen molar-refractivity contribution in [3.8, 4) is 11.5 Å². The molecule has 1 atom stereocenters. The van der Waals surface area contributed by atoms with Gasteiger partial charge in [-0.05, 0) is 24.6 Å². The first-order chi connectivity index (χ1) is 13.7. The lowest BCUT2D eigenvalue weighted by molar-refractivity contribution is 0.0939. The smallest absolute Gasteiger partial charge is 0.254 e. The van der Waals surface area contributed by atoms with Crippen molar-refractivity contribution in [2.45, 2.75) is 13.0 Å². The minimum atomic E-state index is -0.220. The van der Waals surface area contributed by atoms with Crippen LogP contribution < -0.4 is 20.1 Å². The highest BCUT2D eigenvalue weighted by Crippen LogP contribution is 2.33. The maximum absolute atomic E-state index is 12.4. The Morgan fingerprint density at radius 1 is 1.00 bits per heavy atom. The van der Waals surface area contributed by atoms with Crippen LogP contribution in [0.1, 0.15) is 28.9 Å². The topological polar surface area (TPSA) is 85.4 Å². The van der Waals surface area contributed by atoms with E-state index in [-0.39, 0.29) is 11.9 Å². The van der Waals surface area contributed by atoms with Crippen LogP contribution in [0.5, 0.6) is 11.5 Å². The molecular formula is C21H20N4O3. The highest BCUT2D eigenvalue weighted by Gasteiger charge is 2.14. The Morgan fingerprint density at radius 2 is 1.71 bits per heavy atom. The fourth-order valence-corrected chi connectivity index (χ4v) is 2.87. The van der Waals surface area contributed by atoms with Gasteiger partial charge in [-0.1, -0.05) is 30.3 Å².